The third kappa shape index (κ3) is 3.34. The van der Waals surface area contributed by atoms with Crippen LogP contribution in [0, 0.1) is 6.92 Å². The highest BCUT2D eigenvalue weighted by atomic mass is 16.3. The molecule has 0 amide bonds. The average molecular weight is 508 g/mol. The minimum Gasteiger partial charge on any atom is -0.437 e. The third-order valence-corrected chi connectivity index (χ3v) is 8.71. The van der Waals surface area contributed by atoms with Crippen LogP contribution in [0.5, 0.6) is 0 Å². The van der Waals surface area contributed by atoms with Crippen molar-refractivity contribution in [2.75, 3.05) is 0 Å². The summed E-state index contributed by atoms with van der Waals surface area (Å²) >= 11 is 0. The van der Waals surface area contributed by atoms with E-state index >= 15 is 0 Å². The predicted octanol–water partition coefficient (Wildman–Crippen LogP) is 7.34. The Balaban J connectivity index is 1.38. The van der Waals surface area contributed by atoms with Gasteiger partial charge in [0.05, 0.1) is 12.0 Å². The fourth-order valence-corrected chi connectivity index (χ4v) is 6.95. The van der Waals surface area contributed by atoms with Crippen molar-refractivity contribution in [3.63, 3.8) is 0 Å². The Labute approximate surface area is 227 Å². The van der Waals surface area contributed by atoms with E-state index in [1.54, 1.807) is 6.20 Å². The van der Waals surface area contributed by atoms with Gasteiger partial charge in [-0.25, -0.2) is 4.98 Å². The standard InChI is InChI=1S/C35H29N3O/c1-22-12-17-30-26-9-4-3-8-25(26)27-15-13-24-14-16-28-29-10-7-18-36-35(29)39-34(28)33(24)31-11-5-6-19-37(31)23(2)20-32(27)38(30)21-22/h3-12,14,16-19,21,27,32H,2,13,15,20H2,1H3/q+2. The van der Waals surface area contributed by atoms with Gasteiger partial charge in [-0.2, -0.15) is 9.13 Å². The van der Waals surface area contributed by atoms with Gasteiger partial charge >= 0.3 is 0 Å². The largest absolute Gasteiger partial charge is 0.437 e. The molecule has 2 atom stereocenters. The number of furan rings is 1. The van der Waals surface area contributed by atoms with E-state index in [0.29, 0.717) is 11.6 Å². The van der Waals surface area contributed by atoms with Crippen molar-refractivity contribution in [1.29, 1.82) is 0 Å². The minimum atomic E-state index is 0.281. The molecule has 0 saturated carbocycles. The SMILES string of the molecule is C=C1CC2C(CCc3ccc4c(oc5ncccc54)c3-c3cccc[n+]31)c1ccccc1-c1ccc(C)c[n+]12. The van der Waals surface area contributed by atoms with Crippen molar-refractivity contribution < 1.29 is 13.6 Å². The maximum absolute atomic E-state index is 6.48. The molecule has 0 fully saturated rings. The average Bonchev–Trinajstić information content (AvgIpc) is 3.35. The van der Waals surface area contributed by atoms with Crippen LogP contribution in [0.4, 0.5) is 0 Å². The van der Waals surface area contributed by atoms with Crippen molar-refractivity contribution in [3.8, 4) is 22.5 Å². The molecule has 8 rings (SSSR count). The highest BCUT2D eigenvalue weighted by Gasteiger charge is 2.42. The molecule has 0 N–H and O–H groups in total. The quantitative estimate of drug-likeness (QED) is 0.202. The van der Waals surface area contributed by atoms with Crippen molar-refractivity contribution in [2.24, 2.45) is 0 Å². The van der Waals surface area contributed by atoms with Crippen LogP contribution in [0.25, 0.3) is 50.3 Å². The van der Waals surface area contributed by atoms with Crippen molar-refractivity contribution in [1.82, 2.24) is 4.98 Å². The maximum Gasteiger partial charge on any atom is 0.227 e. The van der Waals surface area contributed by atoms with E-state index in [4.69, 9.17) is 4.42 Å². The summed E-state index contributed by atoms with van der Waals surface area (Å²) in [6.45, 7) is 6.86. The van der Waals surface area contributed by atoms with Crippen molar-refractivity contribution in [3.05, 3.63) is 121 Å². The molecule has 0 saturated heterocycles. The molecule has 2 aliphatic rings. The zero-order chi connectivity index (χ0) is 26.1. The zero-order valence-electron chi connectivity index (χ0n) is 22.0. The lowest BCUT2D eigenvalue weighted by molar-refractivity contribution is -0.720. The molecule has 39 heavy (non-hydrogen) atoms. The number of nitrogens with zero attached hydrogens (tertiary/aromatic N) is 3. The number of rotatable bonds is 0. The molecule has 4 heteroatoms. The molecule has 0 spiro atoms. The Bertz CT molecular complexity index is 1950. The van der Waals surface area contributed by atoms with Crippen LogP contribution < -0.4 is 9.13 Å². The number of hydrogen-bond acceptors (Lipinski definition) is 2. The van der Waals surface area contributed by atoms with Crippen LogP contribution in [0.3, 0.4) is 0 Å². The lowest BCUT2D eigenvalue weighted by atomic mass is 9.77. The van der Waals surface area contributed by atoms with Crippen molar-refractivity contribution >= 4 is 27.8 Å². The Morgan fingerprint density at radius 3 is 2.74 bits per heavy atom. The second kappa shape index (κ2) is 8.47. The highest BCUT2D eigenvalue weighted by Crippen LogP contribution is 2.45. The van der Waals surface area contributed by atoms with Gasteiger partial charge in [-0.3, -0.25) is 0 Å². The lowest BCUT2D eigenvalue weighted by Crippen LogP contribution is -2.49. The zero-order valence-corrected chi connectivity index (χ0v) is 22.0. The van der Waals surface area contributed by atoms with Crippen molar-refractivity contribution in [2.45, 2.75) is 38.1 Å². The van der Waals surface area contributed by atoms with E-state index in [9.17, 15) is 0 Å². The smallest absolute Gasteiger partial charge is 0.227 e. The number of benzene rings is 2. The number of pyridine rings is 3. The Morgan fingerprint density at radius 2 is 1.79 bits per heavy atom. The Kier molecular flexibility index (Phi) is 4.87. The second-order valence-corrected chi connectivity index (χ2v) is 11.0. The summed E-state index contributed by atoms with van der Waals surface area (Å²) in [6, 6.07) is 28.8. The molecule has 0 aliphatic carbocycles. The van der Waals surface area contributed by atoms with Gasteiger partial charge in [0.2, 0.25) is 17.1 Å². The number of allylic oxidation sites excluding steroid dienone is 1. The second-order valence-electron chi connectivity index (χ2n) is 11.0. The first-order valence-electron chi connectivity index (χ1n) is 13.8. The van der Waals surface area contributed by atoms with Gasteiger partial charge in [0.25, 0.3) is 0 Å². The maximum atomic E-state index is 6.48. The minimum absolute atomic E-state index is 0.281. The normalized spacial score (nSPS) is 18.1. The molecule has 4 aromatic heterocycles. The molecular weight excluding hydrogens is 478 g/mol. The summed E-state index contributed by atoms with van der Waals surface area (Å²) in [5, 5.41) is 2.16. The van der Waals surface area contributed by atoms with E-state index in [0.717, 1.165) is 52.6 Å². The van der Waals surface area contributed by atoms with Gasteiger partial charge in [-0.15, -0.1) is 0 Å². The van der Waals surface area contributed by atoms with Gasteiger partial charge in [0.1, 0.15) is 0 Å². The molecule has 6 aromatic rings. The molecule has 188 valence electrons. The highest BCUT2D eigenvalue weighted by molar-refractivity contribution is 6.08. The molecular formula is C35H29N3O+2. The van der Waals surface area contributed by atoms with Gasteiger partial charge in [-0.05, 0) is 67.8 Å². The van der Waals surface area contributed by atoms with Gasteiger partial charge in [-0.1, -0.05) is 30.3 Å². The Hall–Kier alpha value is -4.57. The first-order chi connectivity index (χ1) is 19.2. The van der Waals surface area contributed by atoms with Gasteiger partial charge in [0.15, 0.2) is 29.7 Å². The summed E-state index contributed by atoms with van der Waals surface area (Å²) in [5.41, 5.74) is 11.6. The van der Waals surface area contributed by atoms with Crippen LogP contribution >= 0.6 is 0 Å². The fraction of sp³-hybridized carbons (Fsp3) is 0.171. The molecule has 0 radical (unpaired) electrons. The monoisotopic (exact) mass is 507 g/mol. The summed E-state index contributed by atoms with van der Waals surface area (Å²) < 4.78 is 11.3. The number of fused-ring (bicyclic) bond motifs is 13. The van der Waals surface area contributed by atoms with E-state index in [1.807, 2.05) is 6.07 Å². The van der Waals surface area contributed by atoms with Crippen LogP contribution in [0.2, 0.25) is 0 Å². The summed E-state index contributed by atoms with van der Waals surface area (Å²) in [6.07, 6.45) is 9.13. The molecule has 6 heterocycles. The van der Waals surface area contributed by atoms with E-state index in [2.05, 4.69) is 113 Å². The summed E-state index contributed by atoms with van der Waals surface area (Å²) in [5.74, 6) is 0.365. The summed E-state index contributed by atoms with van der Waals surface area (Å²) in [7, 11) is 0. The van der Waals surface area contributed by atoms with Crippen LogP contribution in [-0.4, -0.2) is 4.98 Å². The van der Waals surface area contributed by atoms with E-state index in [-0.39, 0.29) is 6.04 Å². The molecule has 2 aliphatic heterocycles. The van der Waals surface area contributed by atoms with Gasteiger partial charge in [0, 0.05) is 52.2 Å². The topological polar surface area (TPSA) is 33.8 Å². The fourth-order valence-electron chi connectivity index (χ4n) is 6.95. The van der Waals surface area contributed by atoms with Crippen LogP contribution in [-0.2, 0) is 6.42 Å². The van der Waals surface area contributed by atoms with Crippen LogP contribution in [0.15, 0.2) is 108 Å². The van der Waals surface area contributed by atoms with E-state index in [1.165, 1.54) is 27.9 Å². The molecule has 2 aromatic carbocycles. The van der Waals surface area contributed by atoms with E-state index < -0.39 is 0 Å². The summed E-state index contributed by atoms with van der Waals surface area (Å²) in [4.78, 5) is 4.53. The number of aryl methyl sites for hydroxylation is 2. The third-order valence-electron chi connectivity index (χ3n) is 8.71. The Morgan fingerprint density at radius 1 is 0.897 bits per heavy atom. The lowest BCUT2D eigenvalue weighted by Gasteiger charge is -2.31. The number of aromatic nitrogens is 3. The van der Waals surface area contributed by atoms with Crippen LogP contribution in [0.1, 0.15) is 41.5 Å². The molecule has 4 nitrogen and oxygen atoms in total. The first kappa shape index (κ1) is 22.4. The molecule has 2 unspecified atom stereocenters. The molecule has 0 bridgehead atoms. The van der Waals surface area contributed by atoms with Gasteiger partial charge < -0.3 is 4.42 Å². The first-order valence-corrected chi connectivity index (χ1v) is 13.8. The predicted molar refractivity (Wildman–Crippen MR) is 154 cm³/mol. The number of hydrogen-bond donors (Lipinski definition) is 0.